The quantitative estimate of drug-likeness (QED) is 0.833. The molecule has 84 valence electrons. The lowest BCUT2D eigenvalue weighted by molar-refractivity contribution is -0.141. The van der Waals surface area contributed by atoms with Crippen molar-refractivity contribution in [2.24, 2.45) is 5.92 Å². The Morgan fingerprint density at radius 3 is 2.60 bits per heavy atom. The molecule has 3 nitrogen and oxygen atoms in total. The lowest BCUT2D eigenvalue weighted by Crippen LogP contribution is -2.31. The minimum atomic E-state index is -4.39. The van der Waals surface area contributed by atoms with Crippen LogP contribution in [0.4, 0.5) is 13.2 Å². The van der Waals surface area contributed by atoms with E-state index in [1.54, 1.807) is 0 Å². The predicted octanol–water partition coefficient (Wildman–Crippen LogP) is 2.31. The van der Waals surface area contributed by atoms with Crippen LogP contribution in [0, 0.1) is 5.92 Å². The second-order valence-corrected chi connectivity index (χ2v) is 4.25. The smallest absolute Gasteiger partial charge is 0.381 e. The summed E-state index contributed by atoms with van der Waals surface area (Å²) in [5.74, 6) is 0.266. The van der Waals surface area contributed by atoms with Crippen LogP contribution in [0.15, 0.2) is 10.7 Å². The maximum atomic E-state index is 12.3. The van der Waals surface area contributed by atoms with E-state index in [-0.39, 0.29) is 5.92 Å². The monoisotopic (exact) mass is 284 g/mol. The summed E-state index contributed by atoms with van der Waals surface area (Å²) in [6.07, 6.45) is -4.39. The van der Waals surface area contributed by atoms with Gasteiger partial charge >= 0.3 is 6.18 Å². The van der Waals surface area contributed by atoms with Crippen LogP contribution in [0.25, 0.3) is 0 Å². The van der Waals surface area contributed by atoms with E-state index >= 15 is 0 Å². The average molecular weight is 285 g/mol. The van der Waals surface area contributed by atoms with Gasteiger partial charge < -0.3 is 4.74 Å². The molecule has 1 fully saturated rings. The number of rotatable bonds is 2. The van der Waals surface area contributed by atoms with Gasteiger partial charge in [-0.3, -0.25) is 4.68 Å². The van der Waals surface area contributed by atoms with Crippen LogP contribution >= 0.6 is 15.9 Å². The highest BCUT2D eigenvalue weighted by atomic mass is 79.9. The summed E-state index contributed by atoms with van der Waals surface area (Å²) < 4.78 is 43.5. The first-order chi connectivity index (χ1) is 6.97. The average Bonchev–Trinajstić information content (AvgIpc) is 2.39. The van der Waals surface area contributed by atoms with Gasteiger partial charge in [-0.15, -0.1) is 0 Å². The van der Waals surface area contributed by atoms with Gasteiger partial charge in [-0.05, 0) is 15.9 Å². The standard InChI is InChI=1S/C8H8BrF3N2O/c9-7-1-6(8(10,11)12)13-14(7)2-5-3-15-4-5/h1,5H,2-4H2. The zero-order valence-corrected chi connectivity index (χ0v) is 9.18. The van der Waals surface area contributed by atoms with Crippen molar-refractivity contribution in [3.63, 3.8) is 0 Å². The summed E-state index contributed by atoms with van der Waals surface area (Å²) in [5, 5.41) is 3.49. The predicted molar refractivity (Wildman–Crippen MR) is 49.2 cm³/mol. The number of halogens is 4. The van der Waals surface area contributed by atoms with E-state index in [4.69, 9.17) is 4.74 Å². The third kappa shape index (κ3) is 2.34. The molecule has 0 N–H and O–H groups in total. The summed E-state index contributed by atoms with van der Waals surface area (Å²) in [6.45, 7) is 1.64. The maximum Gasteiger partial charge on any atom is 0.435 e. The minimum absolute atomic E-state index is 0.266. The highest BCUT2D eigenvalue weighted by Crippen LogP contribution is 2.30. The molecule has 0 aromatic carbocycles. The van der Waals surface area contributed by atoms with Crippen LogP contribution in [-0.4, -0.2) is 23.0 Å². The number of hydrogen-bond acceptors (Lipinski definition) is 2. The second kappa shape index (κ2) is 3.79. The first-order valence-electron chi connectivity index (χ1n) is 4.35. The molecule has 0 bridgehead atoms. The Hall–Kier alpha value is -0.560. The van der Waals surface area contributed by atoms with Crippen LogP contribution in [-0.2, 0) is 17.5 Å². The van der Waals surface area contributed by atoms with Crippen molar-refractivity contribution >= 4 is 15.9 Å². The fourth-order valence-corrected chi connectivity index (χ4v) is 1.74. The van der Waals surface area contributed by atoms with E-state index in [1.807, 2.05) is 0 Å². The van der Waals surface area contributed by atoms with Crippen molar-refractivity contribution in [1.82, 2.24) is 9.78 Å². The van der Waals surface area contributed by atoms with Crippen LogP contribution in [0.1, 0.15) is 5.69 Å². The highest BCUT2D eigenvalue weighted by Gasteiger charge is 2.35. The van der Waals surface area contributed by atoms with Crippen molar-refractivity contribution in [2.45, 2.75) is 12.7 Å². The Kier molecular flexibility index (Phi) is 2.76. The van der Waals surface area contributed by atoms with E-state index < -0.39 is 11.9 Å². The summed E-state index contributed by atoms with van der Waals surface area (Å²) in [6, 6.07) is 0.986. The zero-order valence-electron chi connectivity index (χ0n) is 7.59. The summed E-state index contributed by atoms with van der Waals surface area (Å²) in [4.78, 5) is 0. The fraction of sp³-hybridized carbons (Fsp3) is 0.625. The van der Waals surface area contributed by atoms with Crippen LogP contribution in [0.5, 0.6) is 0 Å². The van der Waals surface area contributed by atoms with E-state index in [0.717, 1.165) is 6.07 Å². The molecule has 0 atom stereocenters. The molecule has 0 radical (unpaired) electrons. The van der Waals surface area contributed by atoms with Gasteiger partial charge in [0.25, 0.3) is 0 Å². The molecule has 0 amide bonds. The Balaban J connectivity index is 2.13. The Morgan fingerprint density at radius 2 is 2.20 bits per heavy atom. The van der Waals surface area contributed by atoms with Gasteiger partial charge in [-0.1, -0.05) is 0 Å². The van der Waals surface area contributed by atoms with Crippen molar-refractivity contribution < 1.29 is 17.9 Å². The first kappa shape index (κ1) is 10.9. The maximum absolute atomic E-state index is 12.3. The molecule has 2 rings (SSSR count). The molecule has 1 saturated heterocycles. The molecular weight excluding hydrogens is 277 g/mol. The number of alkyl halides is 3. The third-order valence-electron chi connectivity index (χ3n) is 2.16. The Morgan fingerprint density at radius 1 is 1.53 bits per heavy atom. The minimum Gasteiger partial charge on any atom is -0.381 e. The molecule has 0 spiro atoms. The largest absolute Gasteiger partial charge is 0.435 e. The number of aromatic nitrogens is 2. The lowest BCUT2D eigenvalue weighted by Gasteiger charge is -2.25. The molecule has 0 unspecified atom stereocenters. The molecular formula is C8H8BrF3N2O. The molecule has 1 aliphatic heterocycles. The molecule has 2 heterocycles. The number of ether oxygens (including phenoxy) is 1. The normalized spacial score (nSPS) is 17.9. The van der Waals surface area contributed by atoms with Gasteiger partial charge in [-0.2, -0.15) is 18.3 Å². The van der Waals surface area contributed by atoms with E-state index in [9.17, 15) is 13.2 Å². The molecule has 1 aliphatic rings. The van der Waals surface area contributed by atoms with Gasteiger partial charge in [0, 0.05) is 18.5 Å². The van der Waals surface area contributed by atoms with Crippen molar-refractivity contribution in [2.75, 3.05) is 13.2 Å². The van der Waals surface area contributed by atoms with Gasteiger partial charge in [0.2, 0.25) is 0 Å². The van der Waals surface area contributed by atoms with Crippen molar-refractivity contribution in [3.8, 4) is 0 Å². The van der Waals surface area contributed by atoms with Gasteiger partial charge in [0.1, 0.15) is 4.60 Å². The van der Waals surface area contributed by atoms with Crippen molar-refractivity contribution in [3.05, 3.63) is 16.4 Å². The van der Waals surface area contributed by atoms with E-state index in [0.29, 0.717) is 24.4 Å². The molecule has 7 heteroatoms. The third-order valence-corrected chi connectivity index (χ3v) is 2.80. The van der Waals surface area contributed by atoms with E-state index in [1.165, 1.54) is 4.68 Å². The van der Waals surface area contributed by atoms with Crippen LogP contribution in [0.2, 0.25) is 0 Å². The fourth-order valence-electron chi connectivity index (χ4n) is 1.30. The molecule has 0 saturated carbocycles. The van der Waals surface area contributed by atoms with Gasteiger partial charge in [0.05, 0.1) is 13.2 Å². The first-order valence-corrected chi connectivity index (χ1v) is 5.14. The summed E-state index contributed by atoms with van der Waals surface area (Å²) in [7, 11) is 0. The summed E-state index contributed by atoms with van der Waals surface area (Å²) >= 11 is 3.05. The van der Waals surface area contributed by atoms with E-state index in [2.05, 4.69) is 21.0 Å². The number of hydrogen-bond donors (Lipinski definition) is 0. The van der Waals surface area contributed by atoms with Crippen molar-refractivity contribution in [1.29, 1.82) is 0 Å². The molecule has 0 aliphatic carbocycles. The molecule has 15 heavy (non-hydrogen) atoms. The lowest BCUT2D eigenvalue weighted by atomic mass is 10.1. The van der Waals surface area contributed by atoms with Crippen LogP contribution < -0.4 is 0 Å². The molecule has 1 aromatic rings. The Bertz CT molecular complexity index is 359. The summed E-state index contributed by atoms with van der Waals surface area (Å²) in [5.41, 5.74) is -0.866. The number of nitrogens with zero attached hydrogens (tertiary/aromatic N) is 2. The second-order valence-electron chi connectivity index (χ2n) is 3.44. The topological polar surface area (TPSA) is 27.1 Å². The van der Waals surface area contributed by atoms with Gasteiger partial charge in [-0.25, -0.2) is 0 Å². The highest BCUT2D eigenvalue weighted by molar-refractivity contribution is 9.10. The van der Waals surface area contributed by atoms with Crippen LogP contribution in [0.3, 0.4) is 0 Å². The SMILES string of the molecule is FC(F)(F)c1cc(Br)n(CC2COC2)n1. The molecule has 1 aromatic heterocycles. The Labute approximate surface area is 92.3 Å². The zero-order chi connectivity index (χ0) is 11.1. The van der Waals surface area contributed by atoms with Gasteiger partial charge in [0.15, 0.2) is 5.69 Å².